The van der Waals surface area contributed by atoms with Crippen LogP contribution in [0.4, 0.5) is 0 Å². The Morgan fingerprint density at radius 3 is 2.25 bits per heavy atom. The number of hydrogen-bond acceptors (Lipinski definition) is 8. The van der Waals surface area contributed by atoms with Crippen LogP contribution in [0.2, 0.25) is 5.02 Å². The second-order valence-electron chi connectivity index (χ2n) is 13.8. The van der Waals surface area contributed by atoms with E-state index in [2.05, 4.69) is 10.6 Å². The molecular formula is C41H47ClN2O8. The fourth-order valence-electron chi connectivity index (χ4n) is 6.46. The van der Waals surface area contributed by atoms with E-state index in [9.17, 15) is 19.2 Å². The van der Waals surface area contributed by atoms with Crippen molar-refractivity contribution in [3.05, 3.63) is 113 Å². The number of esters is 2. The summed E-state index contributed by atoms with van der Waals surface area (Å²) in [5, 5.41) is 6.16. The molecule has 276 valence electrons. The molecular weight excluding hydrogens is 684 g/mol. The van der Waals surface area contributed by atoms with Crippen LogP contribution >= 0.6 is 11.6 Å². The lowest BCUT2D eigenvalue weighted by Gasteiger charge is -2.27. The summed E-state index contributed by atoms with van der Waals surface area (Å²) in [7, 11) is 1.51. The molecule has 0 spiro atoms. The van der Waals surface area contributed by atoms with Gasteiger partial charge in [-0.2, -0.15) is 0 Å². The number of ether oxygens (including phenoxy) is 4. The van der Waals surface area contributed by atoms with Gasteiger partial charge in [0.05, 0.1) is 24.7 Å². The van der Waals surface area contributed by atoms with Crippen LogP contribution in [0.1, 0.15) is 62.8 Å². The van der Waals surface area contributed by atoms with Crippen LogP contribution in [0.25, 0.3) is 0 Å². The summed E-state index contributed by atoms with van der Waals surface area (Å²) in [4.78, 5) is 54.6. The SMILES string of the molecule is COc1ccc(C[C@H]2NC(=O)/C=C/C[C@@H]([C@H](C)[C@H]3O[C@@H]3c3ccccc3)OC(=O)[C@H](CC(C)C)OC(=O)C[C@@H](Cc3ccccc3)NC2=O)cc1Cl. The van der Waals surface area contributed by atoms with Crippen molar-refractivity contribution in [1.82, 2.24) is 10.6 Å². The molecule has 0 radical (unpaired) electrons. The fourth-order valence-corrected chi connectivity index (χ4v) is 6.74. The molecule has 11 heteroatoms. The van der Waals surface area contributed by atoms with Gasteiger partial charge in [0.2, 0.25) is 11.8 Å². The van der Waals surface area contributed by atoms with Crippen molar-refractivity contribution < 1.29 is 38.1 Å². The van der Waals surface area contributed by atoms with Gasteiger partial charge >= 0.3 is 11.9 Å². The summed E-state index contributed by atoms with van der Waals surface area (Å²) in [6.07, 6.45) is 1.38. The fraction of sp³-hybridized carbons (Fsp3) is 0.415. The van der Waals surface area contributed by atoms with Crippen LogP contribution in [0.15, 0.2) is 91.0 Å². The molecule has 7 atom stereocenters. The van der Waals surface area contributed by atoms with E-state index in [1.54, 1.807) is 24.3 Å². The first-order valence-corrected chi connectivity index (χ1v) is 18.1. The first-order chi connectivity index (χ1) is 25.0. The van der Waals surface area contributed by atoms with Gasteiger partial charge in [-0.15, -0.1) is 0 Å². The van der Waals surface area contributed by atoms with Crippen molar-refractivity contribution >= 4 is 35.4 Å². The first-order valence-electron chi connectivity index (χ1n) is 17.7. The topological polar surface area (TPSA) is 133 Å². The molecule has 3 aromatic rings. The predicted octanol–water partition coefficient (Wildman–Crippen LogP) is 6.10. The van der Waals surface area contributed by atoms with E-state index in [0.717, 1.165) is 11.1 Å². The van der Waals surface area contributed by atoms with Crippen LogP contribution in [0, 0.1) is 11.8 Å². The summed E-state index contributed by atoms with van der Waals surface area (Å²) in [6.45, 7) is 5.80. The van der Waals surface area contributed by atoms with Gasteiger partial charge in [-0.3, -0.25) is 14.4 Å². The zero-order valence-corrected chi connectivity index (χ0v) is 30.7. The Hall–Kier alpha value is -4.67. The Morgan fingerprint density at radius 2 is 1.58 bits per heavy atom. The summed E-state index contributed by atoms with van der Waals surface area (Å²) >= 11 is 6.39. The number of amides is 2. The summed E-state index contributed by atoms with van der Waals surface area (Å²) in [6, 6.07) is 22.6. The smallest absolute Gasteiger partial charge is 0.347 e. The highest BCUT2D eigenvalue weighted by atomic mass is 35.5. The zero-order chi connectivity index (χ0) is 37.2. The largest absolute Gasteiger partial charge is 0.495 e. The number of carbonyl (C=O) groups is 4. The minimum absolute atomic E-state index is 0.0108. The molecule has 5 rings (SSSR count). The number of halogens is 1. The molecule has 0 aliphatic carbocycles. The third-order valence-corrected chi connectivity index (χ3v) is 9.55. The van der Waals surface area contributed by atoms with E-state index in [0.29, 0.717) is 22.8 Å². The van der Waals surface area contributed by atoms with Crippen LogP contribution in [0.5, 0.6) is 5.75 Å². The minimum atomic E-state index is -1.16. The van der Waals surface area contributed by atoms with Gasteiger partial charge in [0.15, 0.2) is 6.10 Å². The molecule has 3 aromatic carbocycles. The molecule has 1 saturated heterocycles. The van der Waals surface area contributed by atoms with Crippen LogP contribution in [-0.4, -0.2) is 61.3 Å². The summed E-state index contributed by atoms with van der Waals surface area (Å²) in [5.74, 6) is -2.09. The van der Waals surface area contributed by atoms with Crippen molar-refractivity contribution in [2.45, 2.75) is 89.4 Å². The van der Waals surface area contributed by atoms with Gasteiger partial charge in [-0.25, -0.2) is 4.79 Å². The number of methoxy groups -OCH3 is 1. The Bertz CT molecular complexity index is 1720. The van der Waals surface area contributed by atoms with Gasteiger partial charge in [0.1, 0.15) is 24.0 Å². The normalized spacial score (nSPS) is 25.7. The number of benzene rings is 3. The second kappa shape index (κ2) is 18.2. The third-order valence-electron chi connectivity index (χ3n) is 9.26. The molecule has 2 aliphatic rings. The Balaban J connectivity index is 1.44. The number of carbonyl (C=O) groups excluding carboxylic acids is 4. The third kappa shape index (κ3) is 10.9. The summed E-state index contributed by atoms with van der Waals surface area (Å²) < 4.78 is 23.3. The van der Waals surface area contributed by atoms with Gasteiger partial charge in [0, 0.05) is 24.8 Å². The number of rotatable bonds is 10. The second-order valence-corrected chi connectivity index (χ2v) is 14.3. The van der Waals surface area contributed by atoms with E-state index >= 15 is 0 Å². The van der Waals surface area contributed by atoms with Crippen LogP contribution in [0.3, 0.4) is 0 Å². The van der Waals surface area contributed by atoms with Crippen molar-refractivity contribution in [2.24, 2.45) is 11.8 Å². The maximum atomic E-state index is 14.0. The van der Waals surface area contributed by atoms with E-state index < -0.39 is 48.0 Å². The molecule has 2 N–H and O–H groups in total. The van der Waals surface area contributed by atoms with Crippen molar-refractivity contribution in [2.75, 3.05) is 7.11 Å². The summed E-state index contributed by atoms with van der Waals surface area (Å²) in [5.41, 5.74) is 2.60. The lowest BCUT2D eigenvalue weighted by atomic mass is 9.93. The molecule has 10 nitrogen and oxygen atoms in total. The average Bonchev–Trinajstić information content (AvgIpc) is 3.92. The molecule has 0 aromatic heterocycles. The van der Waals surface area contributed by atoms with Gasteiger partial charge in [0.25, 0.3) is 0 Å². The monoisotopic (exact) mass is 730 g/mol. The predicted molar refractivity (Wildman–Crippen MR) is 197 cm³/mol. The Morgan fingerprint density at radius 1 is 0.865 bits per heavy atom. The number of hydrogen-bond donors (Lipinski definition) is 2. The molecule has 2 amide bonds. The lowest BCUT2D eigenvalue weighted by molar-refractivity contribution is -0.174. The highest BCUT2D eigenvalue weighted by molar-refractivity contribution is 6.32. The van der Waals surface area contributed by atoms with E-state index in [-0.39, 0.29) is 49.7 Å². The molecule has 0 bridgehead atoms. The first kappa shape index (κ1) is 38.6. The maximum absolute atomic E-state index is 14.0. The zero-order valence-electron chi connectivity index (χ0n) is 30.0. The maximum Gasteiger partial charge on any atom is 0.347 e. The Labute approximate surface area is 310 Å². The van der Waals surface area contributed by atoms with Gasteiger partial charge in [-0.05, 0) is 53.7 Å². The lowest BCUT2D eigenvalue weighted by Crippen LogP contribution is -2.51. The van der Waals surface area contributed by atoms with Gasteiger partial charge in [-0.1, -0.05) is 105 Å². The average molecular weight is 731 g/mol. The molecule has 52 heavy (non-hydrogen) atoms. The molecule has 2 heterocycles. The van der Waals surface area contributed by atoms with Crippen molar-refractivity contribution in [3.63, 3.8) is 0 Å². The van der Waals surface area contributed by atoms with E-state index in [1.165, 1.54) is 13.2 Å². The van der Waals surface area contributed by atoms with E-state index in [1.807, 2.05) is 81.4 Å². The number of epoxide rings is 1. The van der Waals surface area contributed by atoms with Crippen molar-refractivity contribution in [3.8, 4) is 5.75 Å². The molecule has 0 unspecified atom stereocenters. The van der Waals surface area contributed by atoms with Crippen molar-refractivity contribution in [1.29, 1.82) is 0 Å². The number of cyclic esters (lactones) is 2. The standard InChI is InChI=1S/C41H47ClN2O8/c1-25(2)20-35-41(48)51-33(26(3)38-39(52-38)29-14-9-6-10-15-29)16-11-17-36(45)44-32(23-28-18-19-34(49-4)31(42)22-28)40(47)43-30(24-37(46)50-35)21-27-12-7-5-8-13-27/h5-15,17-19,22,25-26,30,32-33,35,38-39H,16,20-21,23-24H2,1-4H3,(H,43,47)(H,44,45)/b17-11+/t26-,30+,32+,33-,35-,38+,39+/m0/s1. The molecule has 0 saturated carbocycles. The molecule has 1 fully saturated rings. The van der Waals surface area contributed by atoms with Crippen LogP contribution in [-0.2, 0) is 46.2 Å². The molecule has 2 aliphatic heterocycles. The van der Waals surface area contributed by atoms with Gasteiger partial charge < -0.3 is 29.6 Å². The Kier molecular flexibility index (Phi) is 13.5. The van der Waals surface area contributed by atoms with E-state index in [4.69, 9.17) is 30.5 Å². The highest BCUT2D eigenvalue weighted by Gasteiger charge is 2.47. The number of nitrogens with one attached hydrogen (secondary N) is 2. The minimum Gasteiger partial charge on any atom is -0.495 e. The quantitative estimate of drug-likeness (QED) is 0.189. The highest BCUT2D eigenvalue weighted by Crippen LogP contribution is 2.45. The van der Waals surface area contributed by atoms with Crippen LogP contribution < -0.4 is 15.4 Å².